The lowest BCUT2D eigenvalue weighted by Crippen LogP contribution is -2.31. The van der Waals surface area contributed by atoms with Gasteiger partial charge in [0.1, 0.15) is 0 Å². The summed E-state index contributed by atoms with van der Waals surface area (Å²) >= 11 is 0. The first kappa shape index (κ1) is 10.9. The minimum Gasteiger partial charge on any atom is -0.384 e. The molecule has 2 heteroatoms. The fourth-order valence-corrected chi connectivity index (χ4v) is 1.19. The van der Waals surface area contributed by atoms with Crippen molar-refractivity contribution in [2.45, 2.75) is 27.2 Å². The van der Waals surface area contributed by atoms with Crippen molar-refractivity contribution in [3.63, 3.8) is 0 Å². The van der Waals surface area contributed by atoms with Crippen molar-refractivity contribution in [1.29, 1.82) is 0 Å². The van der Waals surface area contributed by atoms with E-state index in [0.29, 0.717) is 5.92 Å². The van der Waals surface area contributed by atoms with E-state index < -0.39 is 0 Å². The molecule has 0 aliphatic carbocycles. The van der Waals surface area contributed by atoms with Crippen LogP contribution in [-0.2, 0) is 4.74 Å². The molecule has 0 saturated carbocycles. The highest BCUT2D eigenvalue weighted by atomic mass is 16.5. The molecule has 0 spiro atoms. The molecule has 0 rings (SSSR count). The third-order valence-electron chi connectivity index (χ3n) is 2.58. The molecule has 2 nitrogen and oxygen atoms in total. The van der Waals surface area contributed by atoms with Crippen LogP contribution in [-0.4, -0.2) is 20.3 Å². The summed E-state index contributed by atoms with van der Waals surface area (Å²) < 4.78 is 5.17. The van der Waals surface area contributed by atoms with E-state index >= 15 is 0 Å². The highest BCUT2D eigenvalue weighted by Gasteiger charge is 2.26. The maximum Gasteiger partial charge on any atom is 0.0518 e. The van der Waals surface area contributed by atoms with Gasteiger partial charge in [0.2, 0.25) is 0 Å². The van der Waals surface area contributed by atoms with Gasteiger partial charge in [-0.05, 0) is 24.3 Å². The van der Waals surface area contributed by atoms with Crippen LogP contribution in [0.5, 0.6) is 0 Å². The average Bonchev–Trinajstić information content (AvgIpc) is 1.88. The standard InChI is InChI=1S/C9H21NO/c1-8(2)9(3,5-6-10)7-11-4/h8H,5-7,10H2,1-4H3. The maximum absolute atomic E-state index is 5.53. The first-order valence-corrected chi connectivity index (χ1v) is 4.26. The topological polar surface area (TPSA) is 35.2 Å². The van der Waals surface area contributed by atoms with Gasteiger partial charge in [0.05, 0.1) is 6.61 Å². The molecule has 1 unspecified atom stereocenters. The Balaban J connectivity index is 4.01. The number of rotatable bonds is 5. The van der Waals surface area contributed by atoms with Gasteiger partial charge >= 0.3 is 0 Å². The highest BCUT2D eigenvalue weighted by molar-refractivity contribution is 4.77. The van der Waals surface area contributed by atoms with E-state index in [4.69, 9.17) is 10.5 Å². The van der Waals surface area contributed by atoms with E-state index in [9.17, 15) is 0 Å². The van der Waals surface area contributed by atoms with Crippen LogP contribution in [0.25, 0.3) is 0 Å². The molecule has 68 valence electrons. The van der Waals surface area contributed by atoms with E-state index in [-0.39, 0.29) is 5.41 Å². The summed E-state index contributed by atoms with van der Waals surface area (Å²) in [5.41, 5.74) is 5.78. The van der Waals surface area contributed by atoms with Crippen LogP contribution in [0.3, 0.4) is 0 Å². The van der Waals surface area contributed by atoms with Crippen molar-refractivity contribution in [2.75, 3.05) is 20.3 Å². The van der Waals surface area contributed by atoms with E-state index in [1.807, 2.05) is 0 Å². The SMILES string of the molecule is COCC(C)(CCN)C(C)C. The van der Waals surface area contributed by atoms with Gasteiger partial charge in [0.15, 0.2) is 0 Å². The van der Waals surface area contributed by atoms with Crippen LogP contribution >= 0.6 is 0 Å². The molecule has 0 aliphatic rings. The number of ether oxygens (including phenoxy) is 1. The maximum atomic E-state index is 5.53. The summed E-state index contributed by atoms with van der Waals surface area (Å²) in [6, 6.07) is 0. The second kappa shape index (κ2) is 4.73. The van der Waals surface area contributed by atoms with Crippen molar-refractivity contribution < 1.29 is 4.74 Å². The fraction of sp³-hybridized carbons (Fsp3) is 1.00. The van der Waals surface area contributed by atoms with Gasteiger partial charge < -0.3 is 10.5 Å². The second-order valence-electron chi connectivity index (χ2n) is 3.78. The van der Waals surface area contributed by atoms with Crippen molar-refractivity contribution >= 4 is 0 Å². The van der Waals surface area contributed by atoms with Crippen LogP contribution in [0.15, 0.2) is 0 Å². The van der Waals surface area contributed by atoms with Gasteiger partial charge in [-0.3, -0.25) is 0 Å². The third-order valence-corrected chi connectivity index (χ3v) is 2.58. The van der Waals surface area contributed by atoms with E-state index in [1.165, 1.54) is 0 Å². The van der Waals surface area contributed by atoms with Crippen LogP contribution in [0.1, 0.15) is 27.2 Å². The summed E-state index contributed by atoms with van der Waals surface area (Å²) in [5, 5.41) is 0. The van der Waals surface area contributed by atoms with Gasteiger partial charge in [-0.15, -0.1) is 0 Å². The molecule has 0 fully saturated rings. The minimum atomic E-state index is 0.253. The van der Waals surface area contributed by atoms with Crippen LogP contribution in [0, 0.1) is 11.3 Å². The Bertz CT molecular complexity index is 95.7. The molecule has 0 radical (unpaired) electrons. The molecule has 11 heavy (non-hydrogen) atoms. The summed E-state index contributed by atoms with van der Waals surface area (Å²) in [6.45, 7) is 8.22. The van der Waals surface area contributed by atoms with Crippen molar-refractivity contribution in [1.82, 2.24) is 0 Å². The molecule has 2 N–H and O–H groups in total. The third kappa shape index (κ3) is 3.21. The smallest absolute Gasteiger partial charge is 0.0518 e. The summed E-state index contributed by atoms with van der Waals surface area (Å²) in [7, 11) is 1.75. The van der Waals surface area contributed by atoms with Gasteiger partial charge in [-0.25, -0.2) is 0 Å². The number of hydrogen-bond donors (Lipinski definition) is 1. The first-order chi connectivity index (χ1) is 5.06. The summed E-state index contributed by atoms with van der Waals surface area (Å²) in [5.74, 6) is 0.631. The summed E-state index contributed by atoms with van der Waals surface area (Å²) in [4.78, 5) is 0. The van der Waals surface area contributed by atoms with Crippen molar-refractivity contribution in [3.8, 4) is 0 Å². The lowest BCUT2D eigenvalue weighted by molar-refractivity contribution is 0.0523. The Morgan fingerprint density at radius 1 is 1.45 bits per heavy atom. The van der Waals surface area contributed by atoms with Crippen molar-refractivity contribution in [2.24, 2.45) is 17.1 Å². The molecule has 0 aromatic carbocycles. The zero-order valence-corrected chi connectivity index (χ0v) is 8.18. The van der Waals surface area contributed by atoms with Crippen LogP contribution in [0.4, 0.5) is 0 Å². The average molecular weight is 159 g/mol. The van der Waals surface area contributed by atoms with Crippen molar-refractivity contribution in [3.05, 3.63) is 0 Å². The Hall–Kier alpha value is -0.0800. The Morgan fingerprint density at radius 3 is 2.27 bits per heavy atom. The molecule has 1 atom stereocenters. The highest BCUT2D eigenvalue weighted by Crippen LogP contribution is 2.30. The predicted molar refractivity (Wildman–Crippen MR) is 48.5 cm³/mol. The lowest BCUT2D eigenvalue weighted by atomic mass is 9.77. The molecule has 0 bridgehead atoms. The Morgan fingerprint density at radius 2 is 2.00 bits per heavy atom. The monoisotopic (exact) mass is 159 g/mol. The second-order valence-corrected chi connectivity index (χ2v) is 3.78. The number of nitrogens with two attached hydrogens (primary N) is 1. The molecule has 0 aromatic heterocycles. The molecule has 0 heterocycles. The molecular formula is C9H21NO. The van der Waals surface area contributed by atoms with Crippen LogP contribution < -0.4 is 5.73 Å². The van der Waals surface area contributed by atoms with E-state index in [0.717, 1.165) is 19.6 Å². The Labute approximate surface area is 70.1 Å². The summed E-state index contributed by atoms with van der Waals surface area (Å²) in [6.07, 6.45) is 1.04. The Kier molecular flexibility index (Phi) is 4.69. The molecule has 0 aromatic rings. The lowest BCUT2D eigenvalue weighted by Gasteiger charge is -2.32. The minimum absolute atomic E-state index is 0.253. The quantitative estimate of drug-likeness (QED) is 0.662. The zero-order valence-electron chi connectivity index (χ0n) is 8.18. The van der Waals surface area contributed by atoms with E-state index in [1.54, 1.807) is 7.11 Å². The van der Waals surface area contributed by atoms with Gasteiger partial charge in [0.25, 0.3) is 0 Å². The van der Waals surface area contributed by atoms with Crippen LogP contribution in [0.2, 0.25) is 0 Å². The molecule has 0 aliphatic heterocycles. The predicted octanol–water partition coefficient (Wildman–Crippen LogP) is 1.64. The molecule has 0 amide bonds. The zero-order chi connectivity index (χ0) is 8.91. The van der Waals surface area contributed by atoms with Gasteiger partial charge in [-0.2, -0.15) is 0 Å². The fourth-order valence-electron chi connectivity index (χ4n) is 1.19. The normalized spacial score (nSPS) is 16.9. The van der Waals surface area contributed by atoms with Gasteiger partial charge in [0, 0.05) is 7.11 Å². The van der Waals surface area contributed by atoms with Gasteiger partial charge in [-0.1, -0.05) is 20.8 Å². The molecular weight excluding hydrogens is 138 g/mol. The number of hydrogen-bond acceptors (Lipinski definition) is 2. The number of methoxy groups -OCH3 is 1. The molecule has 0 saturated heterocycles. The first-order valence-electron chi connectivity index (χ1n) is 4.26. The largest absolute Gasteiger partial charge is 0.384 e. The van der Waals surface area contributed by atoms with E-state index in [2.05, 4.69) is 20.8 Å².